The van der Waals surface area contributed by atoms with Crippen molar-refractivity contribution < 1.29 is 9.47 Å². The van der Waals surface area contributed by atoms with E-state index >= 15 is 0 Å². The Balaban J connectivity index is 0.00000364. The lowest BCUT2D eigenvalue weighted by molar-refractivity contribution is 0.310. The highest BCUT2D eigenvalue weighted by Gasteiger charge is 2.05. The molecule has 0 radical (unpaired) electrons. The average Bonchev–Trinajstić information content (AvgIpc) is 2.66. The molecule has 0 saturated heterocycles. The number of hydrogen-bond donors (Lipinski definition) is 2. The maximum absolute atomic E-state index is 5.98. The Labute approximate surface area is 179 Å². The predicted octanol–water partition coefficient (Wildman–Crippen LogP) is 4.63. The molecule has 6 heteroatoms. The van der Waals surface area contributed by atoms with Crippen LogP contribution in [-0.2, 0) is 12.8 Å². The SMILES string of the molecule is CCOc1cc(CCCN=C(N)Nc2cccc(CC)c2)ccc1OC.I. The molecule has 5 nitrogen and oxygen atoms in total. The molecule has 2 aromatic carbocycles. The largest absolute Gasteiger partial charge is 0.493 e. The van der Waals surface area contributed by atoms with Crippen LogP contribution < -0.4 is 20.5 Å². The van der Waals surface area contributed by atoms with Crippen LogP contribution in [0, 0.1) is 0 Å². The zero-order chi connectivity index (χ0) is 18.8. The van der Waals surface area contributed by atoms with Crippen molar-refractivity contribution in [2.75, 3.05) is 25.6 Å². The Morgan fingerprint density at radius 3 is 2.59 bits per heavy atom. The first-order valence-corrected chi connectivity index (χ1v) is 9.11. The summed E-state index contributed by atoms with van der Waals surface area (Å²) in [7, 11) is 1.65. The van der Waals surface area contributed by atoms with Gasteiger partial charge in [0, 0.05) is 12.2 Å². The van der Waals surface area contributed by atoms with E-state index in [1.54, 1.807) is 7.11 Å². The number of benzene rings is 2. The number of ether oxygens (including phenoxy) is 2. The van der Waals surface area contributed by atoms with Crippen LogP contribution in [0.15, 0.2) is 47.5 Å². The maximum atomic E-state index is 5.98. The number of guanidine groups is 1. The van der Waals surface area contributed by atoms with Crippen molar-refractivity contribution in [2.24, 2.45) is 10.7 Å². The maximum Gasteiger partial charge on any atom is 0.193 e. The number of nitrogens with two attached hydrogens (primary N) is 1. The molecule has 2 aromatic rings. The zero-order valence-electron chi connectivity index (χ0n) is 16.3. The van der Waals surface area contributed by atoms with E-state index in [1.807, 2.05) is 31.2 Å². The van der Waals surface area contributed by atoms with Gasteiger partial charge in [-0.3, -0.25) is 4.99 Å². The highest BCUT2D eigenvalue weighted by molar-refractivity contribution is 14.0. The summed E-state index contributed by atoms with van der Waals surface area (Å²) >= 11 is 0. The van der Waals surface area contributed by atoms with Gasteiger partial charge in [-0.25, -0.2) is 0 Å². The van der Waals surface area contributed by atoms with Crippen LogP contribution in [0.1, 0.15) is 31.4 Å². The van der Waals surface area contributed by atoms with E-state index in [0.29, 0.717) is 19.1 Å². The number of aliphatic imine (C=N–C) groups is 1. The second kappa shape index (κ2) is 12.4. The monoisotopic (exact) mass is 483 g/mol. The molecule has 148 valence electrons. The van der Waals surface area contributed by atoms with Gasteiger partial charge in [0.25, 0.3) is 0 Å². The third kappa shape index (κ3) is 7.66. The number of methoxy groups -OCH3 is 1. The van der Waals surface area contributed by atoms with E-state index in [2.05, 4.69) is 35.4 Å². The van der Waals surface area contributed by atoms with Crippen molar-refractivity contribution in [3.63, 3.8) is 0 Å². The van der Waals surface area contributed by atoms with Gasteiger partial charge < -0.3 is 20.5 Å². The van der Waals surface area contributed by atoms with Gasteiger partial charge in [-0.2, -0.15) is 0 Å². The molecule has 0 fully saturated rings. The minimum Gasteiger partial charge on any atom is -0.493 e. The molecule has 0 aliphatic heterocycles. The molecular weight excluding hydrogens is 453 g/mol. The fraction of sp³-hybridized carbons (Fsp3) is 0.381. The van der Waals surface area contributed by atoms with E-state index in [9.17, 15) is 0 Å². The molecule has 0 atom stereocenters. The summed E-state index contributed by atoms with van der Waals surface area (Å²) in [5.74, 6) is 1.99. The quantitative estimate of drug-likeness (QED) is 0.236. The average molecular weight is 483 g/mol. The molecular formula is C21H30IN3O2. The van der Waals surface area contributed by atoms with Gasteiger partial charge in [-0.15, -0.1) is 24.0 Å². The van der Waals surface area contributed by atoms with Crippen molar-refractivity contribution in [3.8, 4) is 11.5 Å². The predicted molar refractivity (Wildman–Crippen MR) is 124 cm³/mol. The van der Waals surface area contributed by atoms with Crippen LogP contribution >= 0.6 is 24.0 Å². The highest BCUT2D eigenvalue weighted by atomic mass is 127. The van der Waals surface area contributed by atoms with Gasteiger partial charge in [0.05, 0.1) is 13.7 Å². The highest BCUT2D eigenvalue weighted by Crippen LogP contribution is 2.28. The second-order valence-corrected chi connectivity index (χ2v) is 5.97. The molecule has 0 amide bonds. The van der Waals surface area contributed by atoms with E-state index in [0.717, 1.165) is 36.4 Å². The van der Waals surface area contributed by atoms with Crippen molar-refractivity contribution in [3.05, 3.63) is 53.6 Å². The van der Waals surface area contributed by atoms with E-state index in [-0.39, 0.29) is 24.0 Å². The lowest BCUT2D eigenvalue weighted by Gasteiger charge is -2.11. The first-order valence-electron chi connectivity index (χ1n) is 9.11. The smallest absolute Gasteiger partial charge is 0.193 e. The van der Waals surface area contributed by atoms with Crippen molar-refractivity contribution in [1.82, 2.24) is 0 Å². The summed E-state index contributed by atoms with van der Waals surface area (Å²) in [6, 6.07) is 14.2. The molecule has 0 unspecified atom stereocenters. The van der Waals surface area contributed by atoms with Crippen molar-refractivity contribution >= 4 is 35.6 Å². The van der Waals surface area contributed by atoms with E-state index in [1.165, 1.54) is 11.1 Å². The van der Waals surface area contributed by atoms with Crippen LogP contribution in [0.4, 0.5) is 5.69 Å². The summed E-state index contributed by atoms with van der Waals surface area (Å²) in [5.41, 5.74) is 9.43. The van der Waals surface area contributed by atoms with E-state index < -0.39 is 0 Å². The second-order valence-electron chi connectivity index (χ2n) is 5.97. The standard InChI is InChI=1S/C21H29N3O2.HI/c1-4-16-8-6-10-18(14-16)24-21(22)23-13-7-9-17-11-12-19(25-3)20(15-17)26-5-2;/h6,8,10-12,14-15H,4-5,7,9,13H2,1-3H3,(H3,22,23,24);1H. The molecule has 0 aliphatic rings. The van der Waals surface area contributed by atoms with E-state index in [4.69, 9.17) is 15.2 Å². The molecule has 0 spiro atoms. The Hall–Kier alpha value is -1.96. The van der Waals surface area contributed by atoms with Gasteiger partial charge in [0.2, 0.25) is 0 Å². The fourth-order valence-corrected chi connectivity index (χ4v) is 2.68. The number of halogens is 1. The number of hydrogen-bond acceptors (Lipinski definition) is 3. The summed E-state index contributed by atoms with van der Waals surface area (Å²) < 4.78 is 10.9. The first kappa shape index (κ1) is 23.1. The molecule has 0 bridgehead atoms. The minimum absolute atomic E-state index is 0. The molecule has 0 heterocycles. The lowest BCUT2D eigenvalue weighted by Crippen LogP contribution is -2.23. The molecule has 27 heavy (non-hydrogen) atoms. The molecule has 0 aromatic heterocycles. The normalized spacial score (nSPS) is 10.9. The third-order valence-electron chi connectivity index (χ3n) is 4.04. The molecule has 3 N–H and O–H groups in total. The van der Waals surface area contributed by atoms with Crippen molar-refractivity contribution in [2.45, 2.75) is 33.1 Å². The number of anilines is 1. The van der Waals surface area contributed by atoms with Crippen LogP contribution in [0.3, 0.4) is 0 Å². The van der Waals surface area contributed by atoms with Gasteiger partial charge in [0.15, 0.2) is 17.5 Å². The third-order valence-corrected chi connectivity index (χ3v) is 4.04. The van der Waals surface area contributed by atoms with Crippen LogP contribution in [0.25, 0.3) is 0 Å². The summed E-state index contributed by atoms with van der Waals surface area (Å²) in [4.78, 5) is 4.41. The molecule has 0 aliphatic carbocycles. The van der Waals surface area contributed by atoms with Crippen LogP contribution in [0.5, 0.6) is 11.5 Å². The Morgan fingerprint density at radius 2 is 1.89 bits per heavy atom. The van der Waals surface area contributed by atoms with Crippen molar-refractivity contribution in [1.29, 1.82) is 0 Å². The number of nitrogens with one attached hydrogen (secondary N) is 1. The number of aryl methyl sites for hydroxylation is 2. The van der Waals surface area contributed by atoms with Gasteiger partial charge >= 0.3 is 0 Å². The first-order chi connectivity index (χ1) is 12.7. The number of rotatable bonds is 9. The van der Waals surface area contributed by atoms with Gasteiger partial charge in [-0.1, -0.05) is 25.1 Å². The van der Waals surface area contributed by atoms with Crippen LogP contribution in [-0.4, -0.2) is 26.2 Å². The Bertz CT molecular complexity index is 735. The van der Waals surface area contributed by atoms with Gasteiger partial charge in [-0.05, 0) is 61.6 Å². The number of nitrogens with zero attached hydrogens (tertiary/aromatic N) is 1. The Kier molecular flexibility index (Phi) is 10.6. The zero-order valence-corrected chi connectivity index (χ0v) is 18.7. The molecule has 0 saturated carbocycles. The Morgan fingerprint density at radius 1 is 1.07 bits per heavy atom. The molecule has 2 rings (SSSR count). The summed E-state index contributed by atoms with van der Waals surface area (Å²) in [5, 5.41) is 3.15. The topological polar surface area (TPSA) is 68.9 Å². The fourth-order valence-electron chi connectivity index (χ4n) is 2.68. The summed E-state index contributed by atoms with van der Waals surface area (Å²) in [6.07, 6.45) is 2.82. The minimum atomic E-state index is 0. The van der Waals surface area contributed by atoms with Gasteiger partial charge in [0.1, 0.15) is 0 Å². The lowest BCUT2D eigenvalue weighted by atomic mass is 10.1. The van der Waals surface area contributed by atoms with Crippen LogP contribution in [0.2, 0.25) is 0 Å². The summed E-state index contributed by atoms with van der Waals surface area (Å²) in [6.45, 7) is 5.38.